The van der Waals surface area contributed by atoms with E-state index in [2.05, 4.69) is 10.1 Å². The summed E-state index contributed by atoms with van der Waals surface area (Å²) in [6.07, 6.45) is 0. The summed E-state index contributed by atoms with van der Waals surface area (Å²) in [5.74, 6) is 0.0468. The zero-order valence-electron chi connectivity index (χ0n) is 16.4. The Labute approximate surface area is 175 Å². The summed E-state index contributed by atoms with van der Waals surface area (Å²) in [6, 6.07) is 11.3. The molecule has 0 saturated carbocycles. The number of carboxylic acids is 1. The zero-order valence-corrected chi connectivity index (χ0v) is 17.2. The van der Waals surface area contributed by atoms with E-state index < -0.39 is 11.8 Å². The maximum absolute atomic E-state index is 13.6. The van der Waals surface area contributed by atoms with Crippen LogP contribution >= 0.6 is 11.3 Å². The normalized spacial score (nSPS) is 10.9. The molecule has 0 saturated heterocycles. The molecule has 0 aliphatic carbocycles. The minimum atomic E-state index is -1.01. The number of benzene rings is 2. The van der Waals surface area contributed by atoms with Gasteiger partial charge in [0.2, 0.25) is 0 Å². The van der Waals surface area contributed by atoms with Gasteiger partial charge in [0, 0.05) is 17.2 Å². The molecule has 0 atom stereocenters. The number of ether oxygens (including phenoxy) is 1. The Morgan fingerprint density at radius 2 is 1.93 bits per heavy atom. The Morgan fingerprint density at radius 1 is 1.13 bits per heavy atom. The quantitative estimate of drug-likeness (QED) is 0.422. The lowest BCUT2D eigenvalue weighted by atomic mass is 10.0. The first kappa shape index (κ1) is 19.8. The number of hydrogen-bond acceptors (Lipinski definition) is 6. The average Bonchev–Trinajstić information content (AvgIpc) is 3.24. The van der Waals surface area contributed by atoms with E-state index in [0.29, 0.717) is 39.2 Å². The Morgan fingerprint density at radius 3 is 2.57 bits per heavy atom. The molecule has 8 heteroatoms. The van der Waals surface area contributed by atoms with E-state index in [0.717, 1.165) is 22.5 Å². The molecule has 0 spiro atoms. The number of carbonyl (C=O) groups is 1. The Balaban J connectivity index is 1.85. The number of hydrogen-bond donors (Lipinski definition) is 1. The van der Waals surface area contributed by atoms with Crippen LogP contribution in [0.4, 0.5) is 4.39 Å². The van der Waals surface area contributed by atoms with Crippen LogP contribution in [0.3, 0.4) is 0 Å². The lowest BCUT2D eigenvalue weighted by Crippen LogP contribution is -1.94. The van der Waals surface area contributed by atoms with Crippen LogP contribution in [0.25, 0.3) is 21.7 Å². The van der Waals surface area contributed by atoms with Crippen molar-refractivity contribution in [3.8, 4) is 33.2 Å². The number of thiazole rings is 1. The number of aromatic nitrogens is 2. The fourth-order valence-electron chi connectivity index (χ4n) is 3.19. The first-order valence-corrected chi connectivity index (χ1v) is 9.87. The molecule has 2 aromatic heterocycles. The van der Waals surface area contributed by atoms with Gasteiger partial charge in [-0.15, -0.1) is 11.3 Å². The molecule has 0 amide bonds. The number of nitrogens with zero attached hydrogens (tertiary/aromatic N) is 2. The number of rotatable bonds is 5. The predicted octanol–water partition coefficient (Wildman–Crippen LogP) is 6.02. The summed E-state index contributed by atoms with van der Waals surface area (Å²) in [4.78, 5) is 16.0. The van der Waals surface area contributed by atoms with Crippen LogP contribution in [0.1, 0.15) is 26.8 Å². The first-order chi connectivity index (χ1) is 14.3. The van der Waals surface area contributed by atoms with Crippen LogP contribution in [0.15, 0.2) is 47.0 Å². The third kappa shape index (κ3) is 3.69. The fraction of sp³-hybridized carbons (Fsp3) is 0.136. The molecule has 0 fully saturated rings. The maximum Gasteiger partial charge on any atom is 0.347 e. The number of aromatic carboxylic acids is 1. The molecule has 0 bridgehead atoms. The van der Waals surface area contributed by atoms with E-state index in [1.54, 1.807) is 38.1 Å². The SMILES string of the molecule is Cc1nc(-c2ccc(Oc3cccc(F)c3)c(-c3c(C)noc3C)c2)sc1C(=O)O. The van der Waals surface area contributed by atoms with Crippen molar-refractivity contribution in [1.29, 1.82) is 0 Å². The second kappa shape index (κ2) is 7.72. The van der Waals surface area contributed by atoms with Crippen molar-refractivity contribution in [2.75, 3.05) is 0 Å². The van der Waals surface area contributed by atoms with E-state index in [1.807, 2.05) is 13.0 Å². The van der Waals surface area contributed by atoms with E-state index in [4.69, 9.17) is 9.26 Å². The summed E-state index contributed by atoms with van der Waals surface area (Å²) in [6.45, 7) is 5.28. The highest BCUT2D eigenvalue weighted by atomic mass is 32.1. The van der Waals surface area contributed by atoms with Gasteiger partial charge >= 0.3 is 5.97 Å². The van der Waals surface area contributed by atoms with Gasteiger partial charge < -0.3 is 14.4 Å². The molecular weight excluding hydrogens is 407 g/mol. The molecule has 4 aromatic rings. The molecular formula is C22H17FN2O4S. The second-order valence-corrected chi connectivity index (χ2v) is 7.71. The molecule has 0 radical (unpaired) electrons. The molecule has 152 valence electrons. The Kier molecular flexibility index (Phi) is 5.09. The van der Waals surface area contributed by atoms with Crippen LogP contribution in [0.5, 0.6) is 11.5 Å². The van der Waals surface area contributed by atoms with Gasteiger partial charge in [-0.05, 0) is 51.1 Å². The van der Waals surface area contributed by atoms with Crippen molar-refractivity contribution in [2.24, 2.45) is 0 Å². The highest BCUT2D eigenvalue weighted by molar-refractivity contribution is 7.17. The van der Waals surface area contributed by atoms with Gasteiger partial charge in [-0.1, -0.05) is 11.2 Å². The molecule has 2 heterocycles. The van der Waals surface area contributed by atoms with Gasteiger partial charge in [0.25, 0.3) is 0 Å². The van der Waals surface area contributed by atoms with Gasteiger partial charge in [0.1, 0.15) is 33.0 Å². The van der Waals surface area contributed by atoms with Crippen molar-refractivity contribution in [3.05, 3.63) is 70.3 Å². The topological polar surface area (TPSA) is 85.5 Å². The predicted molar refractivity (Wildman–Crippen MR) is 111 cm³/mol. The van der Waals surface area contributed by atoms with Crippen LogP contribution in [0.2, 0.25) is 0 Å². The third-order valence-corrected chi connectivity index (χ3v) is 5.74. The second-order valence-electron chi connectivity index (χ2n) is 6.71. The highest BCUT2D eigenvalue weighted by Crippen LogP contribution is 2.40. The van der Waals surface area contributed by atoms with Gasteiger partial charge in [-0.3, -0.25) is 0 Å². The third-order valence-electron chi connectivity index (χ3n) is 4.54. The maximum atomic E-state index is 13.6. The van der Waals surface area contributed by atoms with Crippen molar-refractivity contribution < 1.29 is 23.6 Å². The van der Waals surface area contributed by atoms with Gasteiger partial charge in [-0.25, -0.2) is 14.2 Å². The molecule has 0 unspecified atom stereocenters. The van der Waals surface area contributed by atoms with Crippen molar-refractivity contribution >= 4 is 17.3 Å². The number of aryl methyl sites for hydroxylation is 3. The summed E-state index contributed by atoms with van der Waals surface area (Å²) < 4.78 is 24.9. The Hall–Kier alpha value is -3.52. The molecule has 6 nitrogen and oxygen atoms in total. The number of halogens is 1. The van der Waals surface area contributed by atoms with E-state index in [1.165, 1.54) is 12.1 Å². The van der Waals surface area contributed by atoms with Gasteiger partial charge in [0.15, 0.2) is 0 Å². The first-order valence-electron chi connectivity index (χ1n) is 9.05. The van der Waals surface area contributed by atoms with Crippen molar-refractivity contribution in [3.63, 3.8) is 0 Å². The van der Waals surface area contributed by atoms with Crippen LogP contribution in [-0.2, 0) is 0 Å². The molecule has 0 aliphatic rings. The van der Waals surface area contributed by atoms with Gasteiger partial charge in [-0.2, -0.15) is 0 Å². The standard InChI is InChI=1S/C22H17FN2O4S/c1-11-19(13(3)29-25-11)17-9-14(21-24-12(2)20(30-21)22(26)27)7-8-18(17)28-16-6-4-5-15(23)10-16/h4-10H,1-3H3,(H,26,27). The van der Waals surface area contributed by atoms with Crippen molar-refractivity contribution in [1.82, 2.24) is 10.1 Å². The van der Waals surface area contributed by atoms with Crippen LogP contribution in [-0.4, -0.2) is 21.2 Å². The summed E-state index contributed by atoms with van der Waals surface area (Å²) >= 11 is 1.11. The molecule has 2 aromatic carbocycles. The monoisotopic (exact) mass is 424 g/mol. The largest absolute Gasteiger partial charge is 0.477 e. The molecule has 0 aliphatic heterocycles. The minimum Gasteiger partial charge on any atom is -0.477 e. The highest BCUT2D eigenvalue weighted by Gasteiger charge is 2.20. The summed E-state index contributed by atoms with van der Waals surface area (Å²) in [7, 11) is 0. The summed E-state index contributed by atoms with van der Waals surface area (Å²) in [5, 5.41) is 13.9. The van der Waals surface area contributed by atoms with E-state index in [-0.39, 0.29) is 4.88 Å². The molecule has 1 N–H and O–H groups in total. The zero-order chi connectivity index (χ0) is 21.4. The summed E-state index contributed by atoms with van der Waals surface area (Å²) in [5.41, 5.74) is 3.32. The average molecular weight is 424 g/mol. The van der Waals surface area contributed by atoms with Gasteiger partial charge in [0.05, 0.1) is 17.0 Å². The Bertz CT molecular complexity index is 1240. The lowest BCUT2D eigenvalue weighted by molar-refractivity contribution is 0.0701. The molecule has 30 heavy (non-hydrogen) atoms. The van der Waals surface area contributed by atoms with Crippen molar-refractivity contribution in [2.45, 2.75) is 20.8 Å². The molecule has 4 rings (SSSR count). The van der Waals surface area contributed by atoms with Crippen LogP contribution in [0, 0.1) is 26.6 Å². The van der Waals surface area contributed by atoms with Crippen LogP contribution < -0.4 is 4.74 Å². The van der Waals surface area contributed by atoms with E-state index in [9.17, 15) is 14.3 Å². The lowest BCUT2D eigenvalue weighted by Gasteiger charge is -2.13. The van der Waals surface area contributed by atoms with E-state index >= 15 is 0 Å². The number of carboxylic acid groups (broad SMARTS) is 1. The fourth-order valence-corrected chi connectivity index (χ4v) is 4.09. The smallest absolute Gasteiger partial charge is 0.347 e. The minimum absolute atomic E-state index is 0.198.